The Morgan fingerprint density at radius 2 is 1.87 bits per heavy atom. The summed E-state index contributed by atoms with van der Waals surface area (Å²) in [6.45, 7) is 18.7. The predicted molar refractivity (Wildman–Crippen MR) is 128 cm³/mol. The number of aliphatic hydroxyl groups excluding tert-OH is 1. The summed E-state index contributed by atoms with van der Waals surface area (Å²) in [5.74, 6) is 4.02. The van der Waals surface area contributed by atoms with Crippen molar-refractivity contribution >= 4 is 0 Å². The number of hydrogen-bond acceptors (Lipinski definition) is 1. The van der Waals surface area contributed by atoms with Gasteiger partial charge in [0.25, 0.3) is 0 Å². The summed E-state index contributed by atoms with van der Waals surface area (Å²) in [6.07, 6.45) is 15.1. The molecule has 0 aromatic carbocycles. The third-order valence-electron chi connectivity index (χ3n) is 10.7. The summed E-state index contributed by atoms with van der Waals surface area (Å²) < 4.78 is 0. The second-order valence-electron chi connectivity index (χ2n) is 12.2. The molecule has 0 spiro atoms. The molecule has 9 atom stereocenters. The molecule has 3 unspecified atom stereocenters. The molecule has 168 valence electrons. The van der Waals surface area contributed by atoms with E-state index in [0.717, 1.165) is 18.3 Å². The molecule has 2 fully saturated rings. The van der Waals surface area contributed by atoms with Crippen molar-refractivity contribution in [3.63, 3.8) is 0 Å². The third kappa shape index (κ3) is 3.39. The fraction of sp³-hybridized carbons (Fsp3) is 0.793. The van der Waals surface area contributed by atoms with Crippen LogP contribution in [0.15, 0.2) is 35.5 Å². The van der Waals surface area contributed by atoms with E-state index >= 15 is 0 Å². The van der Waals surface area contributed by atoms with Crippen LogP contribution in [0, 0.1) is 46.3 Å². The van der Waals surface area contributed by atoms with Gasteiger partial charge in [0.2, 0.25) is 0 Å². The minimum atomic E-state index is -0.0931. The van der Waals surface area contributed by atoms with Crippen LogP contribution < -0.4 is 0 Å². The summed E-state index contributed by atoms with van der Waals surface area (Å²) in [5, 5.41) is 10.5. The van der Waals surface area contributed by atoms with Gasteiger partial charge in [0.15, 0.2) is 0 Å². The van der Waals surface area contributed by atoms with E-state index in [1.54, 1.807) is 11.1 Å². The molecule has 4 rings (SSSR count). The van der Waals surface area contributed by atoms with Crippen LogP contribution in [0.5, 0.6) is 0 Å². The molecule has 0 bridgehead atoms. The van der Waals surface area contributed by atoms with Gasteiger partial charge >= 0.3 is 0 Å². The van der Waals surface area contributed by atoms with Crippen LogP contribution in [-0.4, -0.2) is 11.2 Å². The molecule has 4 aliphatic carbocycles. The van der Waals surface area contributed by atoms with Crippen LogP contribution in [0.4, 0.5) is 0 Å². The zero-order chi connectivity index (χ0) is 21.8. The van der Waals surface area contributed by atoms with Gasteiger partial charge in [-0.15, -0.1) is 0 Å². The van der Waals surface area contributed by atoms with Crippen LogP contribution in [0.2, 0.25) is 0 Å². The number of rotatable bonds is 5. The number of allylic oxidation sites excluding steroid dienone is 5. The smallest absolute Gasteiger partial charge is 0.0568 e. The normalized spacial score (nSPS) is 44.8. The summed E-state index contributed by atoms with van der Waals surface area (Å²) in [7, 11) is 0. The van der Waals surface area contributed by atoms with E-state index in [1.165, 1.54) is 50.5 Å². The Kier molecular flexibility index (Phi) is 5.93. The molecule has 0 radical (unpaired) electrons. The maximum atomic E-state index is 10.5. The van der Waals surface area contributed by atoms with Crippen molar-refractivity contribution in [1.29, 1.82) is 0 Å². The Morgan fingerprint density at radius 3 is 2.57 bits per heavy atom. The fourth-order valence-corrected chi connectivity index (χ4v) is 8.20. The molecule has 0 aromatic rings. The molecule has 0 aliphatic heterocycles. The highest BCUT2D eigenvalue weighted by molar-refractivity contribution is 5.46. The summed E-state index contributed by atoms with van der Waals surface area (Å²) in [6, 6.07) is 0. The molecule has 1 N–H and O–H groups in total. The lowest BCUT2D eigenvalue weighted by Gasteiger charge is -2.58. The largest absolute Gasteiger partial charge is 0.393 e. The Morgan fingerprint density at radius 1 is 1.13 bits per heavy atom. The number of fused-ring (bicyclic) bond motifs is 5. The number of aliphatic hydroxyl groups is 1. The van der Waals surface area contributed by atoms with Crippen LogP contribution in [0.25, 0.3) is 0 Å². The standard InChI is InChI=1S/C29H46O/c1-18(2)19(3)8-9-20(4)23-12-13-25-22-10-11-24-21(5)27(30)15-17-29(24,7)26(22)14-16-28(23,25)6/h10,13,19-21,23-24,26-27,30H,1,8-9,11-12,14-17H2,2-7H3/t19-,20+,21?,23+,24?,26-,27?,28+,29-/m0/s1. The van der Waals surface area contributed by atoms with Gasteiger partial charge in [-0.05, 0) is 116 Å². The molecule has 30 heavy (non-hydrogen) atoms. The van der Waals surface area contributed by atoms with E-state index in [9.17, 15) is 5.11 Å². The molecule has 0 heterocycles. The lowest BCUT2D eigenvalue weighted by atomic mass is 9.47. The Labute approximate surface area is 186 Å². The predicted octanol–water partition coefficient (Wildman–Crippen LogP) is 7.72. The molecular formula is C29H46O. The highest BCUT2D eigenvalue weighted by Crippen LogP contribution is 2.65. The van der Waals surface area contributed by atoms with Gasteiger partial charge in [-0.2, -0.15) is 0 Å². The monoisotopic (exact) mass is 410 g/mol. The van der Waals surface area contributed by atoms with E-state index in [1.807, 2.05) is 0 Å². The van der Waals surface area contributed by atoms with E-state index < -0.39 is 0 Å². The first-order chi connectivity index (χ1) is 14.1. The summed E-state index contributed by atoms with van der Waals surface area (Å²) in [5.41, 5.74) is 5.53. The summed E-state index contributed by atoms with van der Waals surface area (Å²) in [4.78, 5) is 0. The van der Waals surface area contributed by atoms with Gasteiger partial charge < -0.3 is 5.11 Å². The van der Waals surface area contributed by atoms with Crippen molar-refractivity contribution in [2.24, 2.45) is 46.3 Å². The Hall–Kier alpha value is -0.820. The molecule has 2 saturated carbocycles. The SMILES string of the molecule is C=C(C)[C@@H](C)CC[C@@H](C)[C@H]1CC=C2C3=CCC4C(C)C(O)CC[C@]4(C)[C@H]3CC[C@@]21C. The average Bonchev–Trinajstić information content (AvgIpc) is 3.06. The third-order valence-corrected chi connectivity index (χ3v) is 10.7. The number of hydrogen-bond donors (Lipinski definition) is 1. The second-order valence-corrected chi connectivity index (χ2v) is 12.2. The molecule has 0 amide bonds. The molecule has 0 aromatic heterocycles. The van der Waals surface area contributed by atoms with Crippen LogP contribution in [0.1, 0.15) is 92.9 Å². The Balaban J connectivity index is 1.53. The Bertz CT molecular complexity index is 743. The maximum Gasteiger partial charge on any atom is 0.0568 e. The highest BCUT2D eigenvalue weighted by Gasteiger charge is 2.56. The lowest BCUT2D eigenvalue weighted by Crippen LogP contribution is -2.51. The first-order valence-corrected chi connectivity index (χ1v) is 12.8. The minimum absolute atomic E-state index is 0.0931. The molecular weight excluding hydrogens is 364 g/mol. The molecule has 1 heteroatoms. The molecule has 1 nitrogen and oxygen atoms in total. The second kappa shape index (κ2) is 7.95. The summed E-state index contributed by atoms with van der Waals surface area (Å²) >= 11 is 0. The fourth-order valence-electron chi connectivity index (χ4n) is 8.20. The lowest BCUT2D eigenvalue weighted by molar-refractivity contribution is -0.0669. The van der Waals surface area contributed by atoms with Gasteiger partial charge in [-0.25, -0.2) is 0 Å². The quantitative estimate of drug-likeness (QED) is 0.460. The van der Waals surface area contributed by atoms with E-state index in [0.29, 0.717) is 34.5 Å². The highest BCUT2D eigenvalue weighted by atomic mass is 16.3. The van der Waals surface area contributed by atoms with Crippen LogP contribution in [-0.2, 0) is 0 Å². The van der Waals surface area contributed by atoms with Gasteiger partial charge in [-0.1, -0.05) is 58.9 Å². The van der Waals surface area contributed by atoms with E-state index in [2.05, 4.69) is 60.3 Å². The van der Waals surface area contributed by atoms with Gasteiger partial charge in [0.05, 0.1) is 6.10 Å². The molecule has 0 saturated heterocycles. The van der Waals surface area contributed by atoms with Gasteiger partial charge in [0, 0.05) is 0 Å². The van der Waals surface area contributed by atoms with Crippen molar-refractivity contribution < 1.29 is 5.11 Å². The van der Waals surface area contributed by atoms with Crippen molar-refractivity contribution in [2.45, 2.75) is 99.0 Å². The first-order valence-electron chi connectivity index (χ1n) is 12.8. The maximum absolute atomic E-state index is 10.5. The minimum Gasteiger partial charge on any atom is -0.393 e. The molecule has 4 aliphatic rings. The van der Waals surface area contributed by atoms with Crippen LogP contribution >= 0.6 is 0 Å². The van der Waals surface area contributed by atoms with Crippen LogP contribution in [0.3, 0.4) is 0 Å². The average molecular weight is 411 g/mol. The zero-order valence-electron chi connectivity index (χ0n) is 20.5. The first kappa shape index (κ1) is 22.4. The van der Waals surface area contributed by atoms with Crippen molar-refractivity contribution in [1.82, 2.24) is 0 Å². The van der Waals surface area contributed by atoms with E-state index in [4.69, 9.17) is 0 Å². The van der Waals surface area contributed by atoms with E-state index in [-0.39, 0.29) is 6.10 Å². The topological polar surface area (TPSA) is 20.2 Å². The van der Waals surface area contributed by atoms with Crippen molar-refractivity contribution in [3.05, 3.63) is 35.5 Å². The van der Waals surface area contributed by atoms with Crippen molar-refractivity contribution in [2.75, 3.05) is 0 Å². The van der Waals surface area contributed by atoms with Gasteiger partial charge in [-0.3, -0.25) is 0 Å². The zero-order valence-corrected chi connectivity index (χ0v) is 20.5. The van der Waals surface area contributed by atoms with Gasteiger partial charge in [0.1, 0.15) is 0 Å². The van der Waals surface area contributed by atoms with Crippen molar-refractivity contribution in [3.8, 4) is 0 Å².